The van der Waals surface area contributed by atoms with Crippen LogP contribution in [0.1, 0.15) is 25.3 Å². The van der Waals surface area contributed by atoms with Crippen LogP contribution in [0, 0.1) is 6.92 Å². The van der Waals surface area contributed by atoms with E-state index < -0.39 is 22.0 Å². The van der Waals surface area contributed by atoms with Crippen LogP contribution in [0.5, 0.6) is 0 Å². The Morgan fingerprint density at radius 1 is 1.48 bits per heavy atom. The lowest BCUT2D eigenvalue weighted by atomic mass is 10.2. The smallest absolute Gasteiger partial charge is 0.322 e. The number of carbonyl (C=O) groups is 1. The molecule has 1 aliphatic heterocycles. The van der Waals surface area contributed by atoms with Crippen molar-refractivity contribution in [2.24, 2.45) is 0 Å². The summed E-state index contributed by atoms with van der Waals surface area (Å²) in [5.41, 5.74) is 0.835. The normalized spacial score (nSPS) is 23.3. The topological polar surface area (TPSA) is 74.7 Å². The summed E-state index contributed by atoms with van der Waals surface area (Å²) >= 11 is 1.40. The lowest BCUT2D eigenvalue weighted by Crippen LogP contribution is -2.45. The molecule has 0 spiro atoms. The van der Waals surface area contributed by atoms with Crippen molar-refractivity contribution >= 4 is 27.8 Å². The Hall–Kier alpha value is -1.05. The summed E-state index contributed by atoms with van der Waals surface area (Å²) in [5, 5.41) is 9.01. The van der Waals surface area contributed by atoms with E-state index in [1.165, 1.54) is 22.1 Å². The molecule has 1 aromatic rings. The van der Waals surface area contributed by atoms with Crippen LogP contribution in [0.4, 0.5) is 0 Å². The fourth-order valence-corrected chi connectivity index (χ4v) is 6.17. The van der Waals surface area contributed by atoms with Crippen molar-refractivity contribution in [2.75, 3.05) is 5.75 Å². The summed E-state index contributed by atoms with van der Waals surface area (Å²) in [6.45, 7) is 3.78. The number of sulfonamides is 1. The second-order valence-corrected chi connectivity index (χ2v) is 8.14. The zero-order chi connectivity index (χ0) is 15.6. The van der Waals surface area contributed by atoms with Gasteiger partial charge in [-0.25, -0.2) is 8.42 Å². The van der Waals surface area contributed by atoms with E-state index in [0.29, 0.717) is 12.2 Å². The van der Waals surface area contributed by atoms with Gasteiger partial charge in [0.05, 0.1) is 10.3 Å². The number of hydrogen-bond acceptors (Lipinski definition) is 4. The van der Waals surface area contributed by atoms with Gasteiger partial charge in [0.25, 0.3) is 0 Å². The summed E-state index contributed by atoms with van der Waals surface area (Å²) in [5.74, 6) is -0.789. The van der Waals surface area contributed by atoms with Crippen LogP contribution in [0.3, 0.4) is 0 Å². The molecule has 7 heteroatoms. The Balaban J connectivity index is 2.45. The number of aliphatic carboxylic acids is 1. The van der Waals surface area contributed by atoms with Crippen molar-refractivity contribution in [1.29, 1.82) is 0 Å². The Labute approximate surface area is 129 Å². The molecule has 1 N–H and O–H groups in total. The SMILES string of the molecule is CCCC1SCC(C(=O)O)N1S(=O)(=O)c1cccc(C)c1. The third-order valence-electron chi connectivity index (χ3n) is 3.42. The Bertz CT molecular complexity index is 630. The summed E-state index contributed by atoms with van der Waals surface area (Å²) in [6, 6.07) is 5.61. The molecule has 1 aromatic carbocycles. The highest BCUT2D eigenvalue weighted by molar-refractivity contribution is 8.01. The van der Waals surface area contributed by atoms with Crippen molar-refractivity contribution in [3.63, 3.8) is 0 Å². The largest absolute Gasteiger partial charge is 0.480 e. The standard InChI is InChI=1S/C14H19NO4S2/c1-3-5-13-15(12(9-20-13)14(16)17)21(18,19)11-7-4-6-10(2)8-11/h4,6-8,12-13H,3,5,9H2,1-2H3,(H,16,17). The Morgan fingerprint density at radius 2 is 2.19 bits per heavy atom. The van der Waals surface area contributed by atoms with Gasteiger partial charge in [0.2, 0.25) is 10.0 Å². The average Bonchev–Trinajstić information content (AvgIpc) is 2.84. The van der Waals surface area contributed by atoms with Gasteiger partial charge >= 0.3 is 5.97 Å². The van der Waals surface area contributed by atoms with E-state index in [0.717, 1.165) is 12.0 Å². The van der Waals surface area contributed by atoms with Gasteiger partial charge in [-0.15, -0.1) is 11.8 Å². The molecule has 1 saturated heterocycles. The van der Waals surface area contributed by atoms with Crippen LogP contribution in [0.25, 0.3) is 0 Å². The maximum absolute atomic E-state index is 12.8. The predicted octanol–water partition coefficient (Wildman–Crippen LogP) is 2.31. The van der Waals surface area contributed by atoms with Gasteiger partial charge in [0, 0.05) is 5.75 Å². The molecule has 1 heterocycles. The minimum absolute atomic E-state index is 0.164. The van der Waals surface area contributed by atoms with Gasteiger partial charge in [-0.2, -0.15) is 4.31 Å². The first-order valence-electron chi connectivity index (χ1n) is 6.82. The van der Waals surface area contributed by atoms with Crippen molar-refractivity contribution in [2.45, 2.75) is 43.0 Å². The molecule has 0 bridgehead atoms. The van der Waals surface area contributed by atoms with Crippen LogP contribution < -0.4 is 0 Å². The van der Waals surface area contributed by atoms with Gasteiger partial charge in [-0.1, -0.05) is 25.5 Å². The average molecular weight is 329 g/mol. The molecule has 0 aliphatic carbocycles. The van der Waals surface area contributed by atoms with Crippen LogP contribution in [-0.2, 0) is 14.8 Å². The van der Waals surface area contributed by atoms with Crippen molar-refractivity contribution in [3.8, 4) is 0 Å². The van der Waals surface area contributed by atoms with Gasteiger partial charge < -0.3 is 5.11 Å². The summed E-state index contributed by atoms with van der Waals surface area (Å²) in [4.78, 5) is 11.6. The number of hydrogen-bond donors (Lipinski definition) is 1. The second-order valence-electron chi connectivity index (χ2n) is 5.08. The summed E-state index contributed by atoms with van der Waals surface area (Å²) in [6.07, 6.45) is 1.46. The van der Waals surface area contributed by atoms with Gasteiger partial charge in [-0.05, 0) is 31.0 Å². The fourth-order valence-electron chi connectivity index (χ4n) is 2.41. The van der Waals surface area contributed by atoms with E-state index in [4.69, 9.17) is 0 Å². The quantitative estimate of drug-likeness (QED) is 0.897. The van der Waals surface area contributed by atoms with Crippen LogP contribution in [0.15, 0.2) is 29.2 Å². The van der Waals surface area contributed by atoms with Crippen LogP contribution >= 0.6 is 11.8 Å². The molecule has 2 rings (SSSR count). The second kappa shape index (κ2) is 6.37. The molecule has 2 unspecified atom stereocenters. The van der Waals surface area contributed by atoms with Gasteiger partial charge in [0.1, 0.15) is 6.04 Å². The molecular formula is C14H19NO4S2. The molecule has 1 fully saturated rings. The highest BCUT2D eigenvalue weighted by Gasteiger charge is 2.45. The van der Waals surface area contributed by atoms with E-state index in [-0.39, 0.29) is 10.3 Å². The maximum atomic E-state index is 12.8. The van der Waals surface area contributed by atoms with E-state index in [1.807, 2.05) is 19.9 Å². The lowest BCUT2D eigenvalue weighted by molar-refractivity contribution is -0.140. The van der Waals surface area contributed by atoms with E-state index in [2.05, 4.69) is 0 Å². The molecule has 116 valence electrons. The molecule has 5 nitrogen and oxygen atoms in total. The Morgan fingerprint density at radius 3 is 2.76 bits per heavy atom. The first-order valence-corrected chi connectivity index (χ1v) is 9.31. The molecule has 2 atom stereocenters. The Kier molecular flexibility index (Phi) is 4.95. The summed E-state index contributed by atoms with van der Waals surface area (Å²) in [7, 11) is -3.80. The van der Waals surface area contributed by atoms with Gasteiger partial charge in [0.15, 0.2) is 0 Å². The van der Waals surface area contributed by atoms with E-state index >= 15 is 0 Å². The number of benzene rings is 1. The molecule has 0 aromatic heterocycles. The van der Waals surface area contributed by atoms with Crippen molar-refractivity contribution in [1.82, 2.24) is 4.31 Å². The highest BCUT2D eigenvalue weighted by atomic mass is 32.2. The molecule has 1 aliphatic rings. The number of thioether (sulfide) groups is 1. The van der Waals surface area contributed by atoms with Crippen LogP contribution in [-0.4, -0.2) is 41.0 Å². The van der Waals surface area contributed by atoms with Crippen molar-refractivity contribution in [3.05, 3.63) is 29.8 Å². The molecule has 21 heavy (non-hydrogen) atoms. The molecular weight excluding hydrogens is 310 g/mol. The third kappa shape index (κ3) is 3.25. The van der Waals surface area contributed by atoms with Crippen molar-refractivity contribution < 1.29 is 18.3 Å². The van der Waals surface area contributed by atoms with Crippen LogP contribution in [0.2, 0.25) is 0 Å². The third-order valence-corrected chi connectivity index (χ3v) is 6.83. The van der Waals surface area contributed by atoms with E-state index in [1.54, 1.807) is 12.1 Å². The number of carboxylic acid groups (broad SMARTS) is 1. The predicted molar refractivity (Wildman–Crippen MR) is 82.8 cm³/mol. The monoisotopic (exact) mass is 329 g/mol. The first-order chi connectivity index (χ1) is 9.87. The number of carboxylic acids is 1. The number of aryl methyl sites for hydroxylation is 1. The fraction of sp³-hybridized carbons (Fsp3) is 0.500. The number of rotatable bonds is 5. The van der Waals surface area contributed by atoms with E-state index in [9.17, 15) is 18.3 Å². The minimum atomic E-state index is -3.80. The number of nitrogens with zero attached hydrogens (tertiary/aromatic N) is 1. The zero-order valence-electron chi connectivity index (χ0n) is 12.0. The highest BCUT2D eigenvalue weighted by Crippen LogP contribution is 2.37. The van der Waals surface area contributed by atoms with Gasteiger partial charge in [-0.3, -0.25) is 4.79 Å². The molecule has 0 amide bonds. The maximum Gasteiger partial charge on any atom is 0.322 e. The lowest BCUT2D eigenvalue weighted by Gasteiger charge is -2.26. The first kappa shape index (κ1) is 16.3. The molecule has 0 radical (unpaired) electrons. The zero-order valence-corrected chi connectivity index (χ0v) is 13.7. The minimum Gasteiger partial charge on any atom is -0.480 e. The summed E-state index contributed by atoms with van der Waals surface area (Å²) < 4.78 is 26.9. The molecule has 0 saturated carbocycles.